The highest BCUT2D eigenvalue weighted by molar-refractivity contribution is 5.51. The number of hydrogen-bond donors (Lipinski definition) is 0. The minimum Gasteiger partial charge on any atom is -0.460 e. The van der Waals surface area contributed by atoms with Gasteiger partial charge in [-0.25, -0.2) is 0 Å². The van der Waals surface area contributed by atoms with E-state index in [1.807, 2.05) is 33.8 Å². The van der Waals surface area contributed by atoms with E-state index in [4.69, 9.17) is 14.2 Å². The van der Waals surface area contributed by atoms with Crippen molar-refractivity contribution in [1.82, 2.24) is 0 Å². The molecule has 2 atom stereocenters. The first-order valence-electron chi connectivity index (χ1n) is 11.3. The van der Waals surface area contributed by atoms with Gasteiger partial charge in [0.25, 0.3) is 0 Å². The Balaban J connectivity index is 0.000000757. The van der Waals surface area contributed by atoms with Crippen molar-refractivity contribution in [3.63, 3.8) is 0 Å². The summed E-state index contributed by atoms with van der Waals surface area (Å²) in [4.78, 5) is 0. The summed E-state index contributed by atoms with van der Waals surface area (Å²) in [6, 6.07) is 10.7. The fourth-order valence-corrected chi connectivity index (χ4v) is 3.54. The molecule has 0 aromatic heterocycles. The summed E-state index contributed by atoms with van der Waals surface area (Å²) in [6.45, 7) is 23.4. The Morgan fingerprint density at radius 1 is 0.667 bits per heavy atom. The highest BCUT2D eigenvalue weighted by atomic mass is 16.8. The van der Waals surface area contributed by atoms with E-state index in [0.717, 1.165) is 28.2 Å². The molecule has 0 saturated heterocycles. The molecule has 2 unspecified atom stereocenters. The van der Waals surface area contributed by atoms with E-state index in [9.17, 15) is 0 Å². The van der Waals surface area contributed by atoms with Crippen LogP contribution in [0, 0.1) is 6.92 Å². The molecular weight excluding hydrogens is 372 g/mol. The molecular formula is C27H40O3. The maximum atomic E-state index is 6.29. The van der Waals surface area contributed by atoms with Crippen LogP contribution in [0.1, 0.15) is 110 Å². The minimum absolute atomic E-state index is 0.0603. The van der Waals surface area contributed by atoms with Crippen LogP contribution >= 0.6 is 0 Å². The van der Waals surface area contributed by atoms with Crippen molar-refractivity contribution in [3.8, 4) is 11.5 Å². The third kappa shape index (κ3) is 4.67. The van der Waals surface area contributed by atoms with Crippen LogP contribution in [0.2, 0.25) is 0 Å². The number of ether oxygens (including phenoxy) is 3. The Bertz CT molecular complexity index is 869. The molecule has 2 bridgehead atoms. The first-order valence-corrected chi connectivity index (χ1v) is 11.3. The number of benzene rings is 2. The Labute approximate surface area is 183 Å². The van der Waals surface area contributed by atoms with Gasteiger partial charge in [0.2, 0.25) is 12.6 Å². The number of aryl methyl sites for hydroxylation is 1. The first kappa shape index (κ1) is 24.3. The second-order valence-electron chi connectivity index (χ2n) is 9.50. The van der Waals surface area contributed by atoms with E-state index < -0.39 is 12.6 Å². The summed E-state index contributed by atoms with van der Waals surface area (Å²) in [6.07, 6.45) is -0.838. The van der Waals surface area contributed by atoms with E-state index in [1.165, 1.54) is 11.1 Å². The zero-order valence-electron chi connectivity index (χ0n) is 20.8. The summed E-state index contributed by atoms with van der Waals surface area (Å²) < 4.78 is 18.6. The van der Waals surface area contributed by atoms with Crippen molar-refractivity contribution < 1.29 is 14.2 Å². The Morgan fingerprint density at radius 3 is 1.77 bits per heavy atom. The summed E-state index contributed by atoms with van der Waals surface area (Å²) >= 11 is 0. The normalized spacial score (nSPS) is 18.9. The van der Waals surface area contributed by atoms with Gasteiger partial charge in [0, 0.05) is 0 Å². The number of fused-ring (bicyclic) bond motifs is 6. The quantitative estimate of drug-likeness (QED) is 0.437. The molecule has 0 saturated carbocycles. The standard InChI is InChI=1S/C23H28O3.2C2H6/c1-13-10-15(23(5,6)7)12-17-19(13)25-20-16-11-14(22(2,3)4)8-9-18(16)24-21(17)26-20;2*1-2/h8-12,20-21H,1-7H3;2*1-2H3. The van der Waals surface area contributed by atoms with E-state index in [1.54, 1.807) is 0 Å². The topological polar surface area (TPSA) is 27.7 Å². The van der Waals surface area contributed by atoms with Crippen LogP contribution < -0.4 is 9.47 Å². The van der Waals surface area contributed by atoms with Gasteiger partial charge in [-0.3, -0.25) is 4.74 Å². The van der Waals surface area contributed by atoms with Gasteiger partial charge in [-0.15, -0.1) is 0 Å². The zero-order chi connectivity index (χ0) is 22.9. The van der Waals surface area contributed by atoms with Crippen LogP contribution in [0.4, 0.5) is 0 Å². The molecule has 2 aromatic rings. The van der Waals surface area contributed by atoms with Gasteiger partial charge < -0.3 is 9.47 Å². The monoisotopic (exact) mass is 412 g/mol. The van der Waals surface area contributed by atoms with Crippen molar-refractivity contribution in [3.05, 3.63) is 58.1 Å². The average molecular weight is 413 g/mol. The Kier molecular flexibility index (Phi) is 7.29. The molecule has 0 amide bonds. The van der Waals surface area contributed by atoms with Crippen molar-refractivity contribution in [2.24, 2.45) is 0 Å². The van der Waals surface area contributed by atoms with Crippen LogP contribution in [0.25, 0.3) is 0 Å². The predicted octanol–water partition coefficient (Wildman–Crippen LogP) is 8.14. The largest absolute Gasteiger partial charge is 0.460 e. The highest BCUT2D eigenvalue weighted by Gasteiger charge is 2.39. The maximum Gasteiger partial charge on any atom is 0.233 e. The van der Waals surface area contributed by atoms with Gasteiger partial charge in [-0.2, -0.15) is 0 Å². The van der Waals surface area contributed by atoms with E-state index in [0.29, 0.717) is 0 Å². The van der Waals surface area contributed by atoms with Crippen LogP contribution in [0.5, 0.6) is 11.5 Å². The molecule has 3 heteroatoms. The van der Waals surface area contributed by atoms with Gasteiger partial charge >= 0.3 is 0 Å². The van der Waals surface area contributed by atoms with Crippen molar-refractivity contribution in [1.29, 1.82) is 0 Å². The Morgan fingerprint density at radius 2 is 1.20 bits per heavy atom. The molecule has 166 valence electrons. The van der Waals surface area contributed by atoms with Gasteiger partial charge in [-0.1, -0.05) is 81.4 Å². The van der Waals surface area contributed by atoms with E-state index in [-0.39, 0.29) is 10.8 Å². The van der Waals surface area contributed by atoms with Gasteiger partial charge in [-0.05, 0) is 52.6 Å². The average Bonchev–Trinajstić information content (AvgIpc) is 2.70. The second-order valence-corrected chi connectivity index (χ2v) is 9.50. The molecule has 30 heavy (non-hydrogen) atoms. The SMILES string of the molecule is CC.CC.Cc1cc(C(C)(C)C)cc2c1OC1OC2Oc2ccc(C(C)(C)C)cc21. The maximum absolute atomic E-state index is 6.29. The lowest BCUT2D eigenvalue weighted by Crippen LogP contribution is -2.31. The molecule has 2 aromatic carbocycles. The Hall–Kier alpha value is -2.00. The summed E-state index contributed by atoms with van der Waals surface area (Å²) in [5.74, 6) is 1.75. The first-order chi connectivity index (χ1) is 14.0. The van der Waals surface area contributed by atoms with Crippen LogP contribution in [0.3, 0.4) is 0 Å². The lowest BCUT2D eigenvalue weighted by atomic mass is 9.84. The third-order valence-corrected chi connectivity index (χ3v) is 5.26. The molecule has 2 heterocycles. The summed E-state index contributed by atoms with van der Waals surface area (Å²) in [5, 5.41) is 0. The molecule has 4 rings (SSSR count). The zero-order valence-corrected chi connectivity index (χ0v) is 20.8. The van der Waals surface area contributed by atoms with Crippen molar-refractivity contribution in [2.75, 3.05) is 0 Å². The van der Waals surface area contributed by atoms with Crippen LogP contribution in [0.15, 0.2) is 30.3 Å². The van der Waals surface area contributed by atoms with Crippen LogP contribution in [-0.4, -0.2) is 0 Å². The third-order valence-electron chi connectivity index (χ3n) is 5.26. The molecule has 0 aliphatic carbocycles. The molecule has 0 fully saturated rings. The predicted molar refractivity (Wildman–Crippen MR) is 126 cm³/mol. The molecule has 2 aliphatic rings. The lowest BCUT2D eigenvalue weighted by Gasteiger charge is -2.39. The fourth-order valence-electron chi connectivity index (χ4n) is 3.54. The summed E-state index contributed by atoms with van der Waals surface area (Å²) in [7, 11) is 0. The van der Waals surface area contributed by atoms with Crippen LogP contribution in [-0.2, 0) is 15.6 Å². The number of hydrogen-bond acceptors (Lipinski definition) is 3. The van der Waals surface area contributed by atoms with Crippen molar-refractivity contribution >= 4 is 0 Å². The minimum atomic E-state index is -0.419. The highest BCUT2D eigenvalue weighted by Crippen LogP contribution is 2.50. The molecule has 0 spiro atoms. The summed E-state index contributed by atoms with van der Waals surface area (Å²) in [5.41, 5.74) is 5.72. The molecule has 0 N–H and O–H groups in total. The van der Waals surface area contributed by atoms with Gasteiger partial charge in [0.15, 0.2) is 0 Å². The second kappa shape index (κ2) is 9.01. The molecule has 3 nitrogen and oxygen atoms in total. The molecule has 2 aliphatic heterocycles. The van der Waals surface area contributed by atoms with Gasteiger partial charge in [0.1, 0.15) is 11.5 Å². The molecule has 0 radical (unpaired) electrons. The fraction of sp³-hybridized carbons (Fsp3) is 0.556. The van der Waals surface area contributed by atoms with Crippen molar-refractivity contribution in [2.45, 2.75) is 99.6 Å². The van der Waals surface area contributed by atoms with Gasteiger partial charge in [0.05, 0.1) is 11.1 Å². The van der Waals surface area contributed by atoms with E-state index in [2.05, 4.69) is 72.7 Å². The smallest absolute Gasteiger partial charge is 0.233 e. The lowest BCUT2D eigenvalue weighted by molar-refractivity contribution is -0.227. The van der Waals surface area contributed by atoms with E-state index >= 15 is 0 Å². The number of rotatable bonds is 0.